The number of aliphatic hydroxyl groups is 2. The number of hydrogen-bond donors (Lipinski definition) is 9. The van der Waals surface area contributed by atoms with E-state index in [9.17, 15) is 47.4 Å². The van der Waals surface area contributed by atoms with Crippen LogP contribution in [0.4, 0.5) is 0 Å². The van der Waals surface area contributed by atoms with Gasteiger partial charge in [-0.1, -0.05) is 202 Å². The van der Waals surface area contributed by atoms with E-state index in [1.807, 2.05) is 21.6 Å². The molecule has 9 N–H and O–H groups in total. The molecular formula is C110H215N13O13S. The Labute approximate surface area is 839 Å². The predicted octanol–water partition coefficient (Wildman–Crippen LogP) is 19.1. The number of carbonyl (C=O) groups excluding carboxylic acids is 6. The van der Waals surface area contributed by atoms with Crippen LogP contribution in [0.2, 0.25) is 0 Å². The van der Waals surface area contributed by atoms with E-state index in [-0.39, 0.29) is 135 Å². The van der Waals surface area contributed by atoms with Crippen LogP contribution in [-0.4, -0.2) is 262 Å². The van der Waals surface area contributed by atoms with Crippen molar-refractivity contribution in [2.45, 2.75) is 524 Å². The summed E-state index contributed by atoms with van der Waals surface area (Å²) in [5.74, 6) is 0.743. The average molecular weight is 1960 g/mol. The highest BCUT2D eigenvalue weighted by Crippen LogP contribution is 2.31. The molecule has 27 heteroatoms. The minimum absolute atomic E-state index is 0.0352. The van der Waals surface area contributed by atoms with Gasteiger partial charge in [-0.3, -0.25) is 44.1 Å². The number of piperidine rings is 1. The molecule has 0 aliphatic carbocycles. The second-order valence-corrected chi connectivity index (χ2v) is 56.0. The highest BCUT2D eigenvalue weighted by atomic mass is 32.2. The van der Waals surface area contributed by atoms with E-state index in [0.717, 1.165) is 140 Å². The summed E-state index contributed by atoms with van der Waals surface area (Å²) in [5, 5.41) is 43.0. The van der Waals surface area contributed by atoms with Crippen LogP contribution in [0.15, 0.2) is 12.4 Å². The first-order valence-electron chi connectivity index (χ1n) is 53.2. The third-order valence-electron chi connectivity index (χ3n) is 23.9. The van der Waals surface area contributed by atoms with Gasteiger partial charge in [0.15, 0.2) is 9.84 Å². The summed E-state index contributed by atoms with van der Waals surface area (Å²) in [6.07, 6.45) is 30.4. The number of aromatic nitrogens is 2. The molecule has 137 heavy (non-hydrogen) atoms. The molecule has 0 saturated carbocycles. The molecule has 6 heterocycles. The van der Waals surface area contributed by atoms with Crippen LogP contribution in [0.25, 0.3) is 0 Å². The number of amides is 5. The number of aryl methyl sites for hydroxylation is 1. The second kappa shape index (κ2) is 60.4. The van der Waals surface area contributed by atoms with Crippen molar-refractivity contribution in [3.05, 3.63) is 23.8 Å². The number of rotatable bonds is 39. The minimum Gasteiger partial charge on any atom is -0.456 e. The first kappa shape index (κ1) is 130. The second-order valence-electron chi connectivity index (χ2n) is 53.7. The van der Waals surface area contributed by atoms with E-state index in [4.69, 9.17) is 14.2 Å². The number of aliphatic hydroxyl groups excluding tert-OH is 2. The zero-order valence-electron chi connectivity index (χ0n) is 95.0. The van der Waals surface area contributed by atoms with Gasteiger partial charge in [0.05, 0.1) is 104 Å². The molecule has 5 fully saturated rings. The molecule has 0 aromatic carbocycles. The maximum atomic E-state index is 12.9. The number of esters is 1. The molecule has 804 valence electrons. The number of nitrogens with one attached hydrogen (secondary N) is 7. The zero-order chi connectivity index (χ0) is 105. The van der Waals surface area contributed by atoms with E-state index >= 15 is 0 Å². The molecule has 0 radical (unpaired) electrons. The molecule has 7 unspecified atom stereocenters. The summed E-state index contributed by atoms with van der Waals surface area (Å²) in [5.41, 5.74) is 3.23. The van der Waals surface area contributed by atoms with E-state index in [0.29, 0.717) is 124 Å². The zero-order valence-corrected chi connectivity index (χ0v) is 95.8. The van der Waals surface area contributed by atoms with Gasteiger partial charge < -0.3 is 75.9 Å². The molecule has 26 nitrogen and oxygen atoms in total. The van der Waals surface area contributed by atoms with Crippen LogP contribution < -0.4 is 37.2 Å². The van der Waals surface area contributed by atoms with Crippen LogP contribution in [0.3, 0.4) is 0 Å². The number of carbonyl (C=O) groups is 6. The summed E-state index contributed by atoms with van der Waals surface area (Å²) in [7, 11) is -2.96. The van der Waals surface area contributed by atoms with Gasteiger partial charge in [-0.2, -0.15) is 0 Å². The number of morpholine rings is 1. The number of sulfone groups is 1. The quantitative estimate of drug-likeness (QED) is 0.0218. The fraction of sp³-hybridized carbons (Fsp3) is 0.909. The van der Waals surface area contributed by atoms with E-state index < -0.39 is 9.84 Å². The first-order valence-corrected chi connectivity index (χ1v) is 55.0. The number of unbranched alkanes of at least 4 members (excludes halogenated alkanes) is 6. The van der Waals surface area contributed by atoms with Gasteiger partial charge in [-0.25, -0.2) is 8.42 Å². The highest BCUT2D eigenvalue weighted by Gasteiger charge is 2.38. The molecular weight excluding hydrogens is 1740 g/mol. The Kier molecular flexibility index (Phi) is 57.5. The maximum absolute atomic E-state index is 12.9. The summed E-state index contributed by atoms with van der Waals surface area (Å²) in [4.78, 5) is 92.0. The molecule has 5 amide bonds. The van der Waals surface area contributed by atoms with Gasteiger partial charge in [0.25, 0.3) is 0 Å². The Morgan fingerprint density at radius 2 is 0.642 bits per heavy atom. The van der Waals surface area contributed by atoms with Crippen molar-refractivity contribution in [1.82, 2.24) is 66.8 Å². The van der Waals surface area contributed by atoms with Gasteiger partial charge in [-0.05, 0) is 260 Å². The molecule has 6 rings (SSSR count). The Hall–Kier alpha value is -4.55. The van der Waals surface area contributed by atoms with Gasteiger partial charge in [0.2, 0.25) is 29.5 Å². The lowest BCUT2D eigenvalue weighted by molar-refractivity contribution is -0.175. The van der Waals surface area contributed by atoms with Crippen molar-refractivity contribution in [2.24, 2.45) is 32.5 Å². The lowest BCUT2D eigenvalue weighted by Crippen LogP contribution is -2.55. The van der Waals surface area contributed by atoms with Crippen LogP contribution in [0.5, 0.6) is 0 Å². The Morgan fingerprint density at radius 1 is 0.365 bits per heavy atom. The smallest absolute Gasteiger partial charge is 0.323 e. The third-order valence-corrected chi connectivity index (χ3v) is 25.5. The Balaban J connectivity index is 0.000000823. The Bertz CT molecular complexity index is 3560. The number of nitrogens with zero attached hydrogens (tertiary/aromatic N) is 6. The Morgan fingerprint density at radius 3 is 0.927 bits per heavy atom. The maximum Gasteiger partial charge on any atom is 0.323 e. The number of ether oxygens (including phenoxy) is 3. The topological polar surface area (TPSA) is 328 Å². The van der Waals surface area contributed by atoms with Crippen LogP contribution >= 0.6 is 0 Å². The highest BCUT2D eigenvalue weighted by molar-refractivity contribution is 7.91. The number of β-amino-alcohol motifs (C(OH)–C–C–N with tert-alkyl or cyclic N) is 1. The van der Waals surface area contributed by atoms with Crippen molar-refractivity contribution in [2.75, 3.05) is 90.3 Å². The fourth-order valence-corrected chi connectivity index (χ4v) is 17.9. The molecule has 1 aromatic rings. The van der Waals surface area contributed by atoms with Crippen molar-refractivity contribution in [1.29, 1.82) is 0 Å². The predicted molar refractivity (Wildman–Crippen MR) is 569 cm³/mol. The van der Waals surface area contributed by atoms with Crippen molar-refractivity contribution in [3.8, 4) is 0 Å². The van der Waals surface area contributed by atoms with Gasteiger partial charge in [-0.15, -0.1) is 0 Å². The largest absolute Gasteiger partial charge is 0.456 e. The van der Waals surface area contributed by atoms with Crippen LogP contribution in [0, 0.1) is 39.4 Å². The van der Waals surface area contributed by atoms with Crippen LogP contribution in [0.1, 0.15) is 434 Å². The van der Waals surface area contributed by atoms with Crippen molar-refractivity contribution < 1.29 is 61.6 Å². The molecule has 5 saturated heterocycles. The van der Waals surface area contributed by atoms with Crippen LogP contribution in [-0.2, 0) is 59.4 Å². The molecule has 5 aliphatic rings. The minimum atomic E-state index is -2.96. The molecule has 0 spiro atoms. The van der Waals surface area contributed by atoms with Gasteiger partial charge in [0, 0.05) is 91.8 Å². The van der Waals surface area contributed by atoms with Crippen molar-refractivity contribution >= 4 is 45.3 Å². The molecule has 1 aromatic heterocycles. The molecule has 7 atom stereocenters. The summed E-state index contributed by atoms with van der Waals surface area (Å²) < 4.78 is 39.0. The number of likely N-dealkylation sites (tertiary alicyclic amines) is 2. The summed E-state index contributed by atoms with van der Waals surface area (Å²) >= 11 is 0. The van der Waals surface area contributed by atoms with Crippen molar-refractivity contribution in [3.63, 3.8) is 0 Å². The lowest BCUT2D eigenvalue weighted by Gasteiger charge is -2.35. The SMILES string of the molecule is CC(C)(C)CCCCC(NC(C)(C)C)C(=O)N1CCC(O)C1.CC(C)(C)CCCCC(NC(C)(C)C)C(=O)N1CCC(O)CC1.CC(C)(C)CCCCC(NC(C)(C)C)C(=O)N1CCOCC1.CC(C)(C)CCCCC(NC(C)(C)C)C(=O)N1CCS(=O)(=O)CC1.CC(C)(C)CCCCC(NC(C)(C)C)C(=O)OC1COC1.Cc1cnc(CNC(=O)C(CCCCC(C)(C)C)NC(C)(C)C)cn1. The normalized spacial score (nSPS) is 18.3. The van der Waals surface area contributed by atoms with Gasteiger partial charge >= 0.3 is 5.97 Å². The third kappa shape index (κ3) is 70.0. The number of hydrogen-bond acceptors (Lipinski definition) is 21. The summed E-state index contributed by atoms with van der Waals surface area (Å²) in [6, 6.07) is -0.941. The van der Waals surface area contributed by atoms with E-state index in [1.54, 1.807) is 17.3 Å². The standard InChI is InChI=1S/C20H36N4O.C19H38N2O2.C18H36N2O3S.2C18H36N2O2.C17H33NO3/c1-15-12-22-16(13-21-15)14-23-18(25)17(24-20(5,6)7)10-8-9-11-19(2,3)4;1-18(2,3)12-8-7-9-16(20-19(4,5)6)17(23)21-13-10-15(22)11-14-21;1-17(2,3)10-8-7-9-15(19-18(4,5)6)16(21)20-11-13-24(22,23)14-12-20;1-17(2,3)11-8-7-9-15(19-18(4,5)6)16(22)20-12-10-14(21)13-20;1-17(2,3)10-8-7-9-15(19-18(4,5)6)16(21)20-11-13-22-14-12-20;1-16(2,3)10-8-7-9-14(18-17(4,5)6)15(19)21-13-11-20-12-13/h12-13,17,24H,8-11,14H2,1-7H3,(H,23,25);15-16,20,22H,7-14H2,1-6H3;15,19H,7-14H2,1-6H3;14-15,19,21H,7-13H2,1-6H3;15,19H,7-14H2,1-6H3;13-14,18H,7-12H2,1-6H3. The monoisotopic (exact) mass is 1960 g/mol. The fourth-order valence-electron chi connectivity index (χ4n) is 16.7. The van der Waals surface area contributed by atoms with E-state index in [1.165, 1.54) is 38.5 Å². The molecule has 0 bridgehead atoms. The average Bonchev–Trinajstić information content (AvgIpc) is 1.76. The van der Waals surface area contributed by atoms with E-state index in [2.05, 4.69) is 296 Å². The summed E-state index contributed by atoms with van der Waals surface area (Å²) in [6.45, 7) is 87.7. The first-order chi connectivity index (χ1) is 62.4. The van der Waals surface area contributed by atoms with Gasteiger partial charge in [0.1, 0.15) is 12.1 Å². The molecule has 5 aliphatic heterocycles. The lowest BCUT2D eigenvalue weighted by atomic mass is 9.89.